The first kappa shape index (κ1) is 27.1. The molecule has 1 fully saturated rings. The van der Waals surface area contributed by atoms with Crippen molar-refractivity contribution in [3.63, 3.8) is 0 Å². The van der Waals surface area contributed by atoms with Gasteiger partial charge in [0.2, 0.25) is 15.9 Å². The Kier molecular flexibility index (Phi) is 8.93. The quantitative estimate of drug-likeness (QED) is 0.621. The summed E-state index contributed by atoms with van der Waals surface area (Å²) in [6.45, 7) is 13.4. The molecule has 33 heavy (non-hydrogen) atoms. The minimum Gasteiger partial charge on any atom is -0.444 e. The van der Waals surface area contributed by atoms with Crippen LogP contribution in [0.3, 0.4) is 0 Å². The van der Waals surface area contributed by atoms with Crippen LogP contribution in [-0.4, -0.2) is 57.1 Å². The summed E-state index contributed by atoms with van der Waals surface area (Å²) in [5, 5.41) is 2.79. The van der Waals surface area contributed by atoms with E-state index in [0.717, 1.165) is 18.4 Å². The summed E-state index contributed by atoms with van der Waals surface area (Å²) < 4.78 is 32.8. The van der Waals surface area contributed by atoms with Crippen molar-refractivity contribution in [3.8, 4) is 0 Å². The van der Waals surface area contributed by atoms with Crippen LogP contribution in [0.1, 0.15) is 66.4 Å². The van der Waals surface area contributed by atoms with Crippen LogP contribution in [0.25, 0.3) is 0 Å². The Balaban J connectivity index is 1.73. The zero-order chi connectivity index (χ0) is 24.9. The number of carbonyl (C=O) groups is 2. The number of ether oxygens (including phenoxy) is 1. The van der Waals surface area contributed by atoms with Crippen molar-refractivity contribution in [3.05, 3.63) is 29.8 Å². The molecule has 1 aromatic rings. The molecule has 0 aliphatic carbocycles. The second-order valence-corrected chi connectivity index (χ2v) is 12.4. The van der Waals surface area contributed by atoms with Gasteiger partial charge >= 0.3 is 6.09 Å². The number of hydrogen-bond acceptors (Lipinski definition) is 5. The smallest absolute Gasteiger partial charge is 0.407 e. The molecule has 0 saturated carbocycles. The van der Waals surface area contributed by atoms with Gasteiger partial charge in [0.25, 0.3) is 0 Å². The number of nitrogens with one attached hydrogen (secondary N) is 2. The van der Waals surface area contributed by atoms with E-state index >= 15 is 0 Å². The zero-order valence-corrected chi connectivity index (χ0v) is 21.5. The Morgan fingerprint density at radius 3 is 2.12 bits per heavy atom. The molecule has 1 heterocycles. The maximum Gasteiger partial charge on any atom is 0.407 e. The first-order valence-corrected chi connectivity index (χ1v) is 13.0. The fourth-order valence-corrected chi connectivity index (χ4v) is 4.63. The summed E-state index contributed by atoms with van der Waals surface area (Å²) in [6.07, 6.45) is 1.25. The van der Waals surface area contributed by atoms with E-state index in [0.29, 0.717) is 19.6 Å². The molecular weight excluding hydrogens is 442 g/mol. The average molecular weight is 482 g/mol. The summed E-state index contributed by atoms with van der Waals surface area (Å²) >= 11 is 0. The predicted molar refractivity (Wildman–Crippen MR) is 128 cm³/mol. The normalized spacial score (nSPS) is 15.9. The van der Waals surface area contributed by atoms with E-state index in [1.54, 1.807) is 17.0 Å². The van der Waals surface area contributed by atoms with E-state index in [-0.39, 0.29) is 35.1 Å². The lowest BCUT2D eigenvalue weighted by Gasteiger charge is -2.32. The van der Waals surface area contributed by atoms with Crippen LogP contribution in [0.5, 0.6) is 0 Å². The average Bonchev–Trinajstić information content (AvgIpc) is 2.70. The molecular formula is C24H39N3O5S. The number of amides is 2. The van der Waals surface area contributed by atoms with Crippen LogP contribution >= 0.6 is 0 Å². The number of piperidine rings is 1. The van der Waals surface area contributed by atoms with Gasteiger partial charge in [-0.05, 0) is 62.6 Å². The number of benzene rings is 1. The number of nitrogens with zero attached hydrogens (tertiary/aromatic N) is 1. The van der Waals surface area contributed by atoms with Gasteiger partial charge < -0.3 is 15.0 Å². The van der Waals surface area contributed by atoms with Crippen molar-refractivity contribution in [1.82, 2.24) is 14.9 Å². The zero-order valence-electron chi connectivity index (χ0n) is 20.7. The second-order valence-electron chi connectivity index (χ2n) is 10.6. The molecule has 2 amide bonds. The molecule has 0 radical (unpaired) electrons. The Hall–Kier alpha value is -2.13. The van der Waals surface area contributed by atoms with Gasteiger partial charge in [-0.1, -0.05) is 32.9 Å². The summed E-state index contributed by atoms with van der Waals surface area (Å²) in [5.41, 5.74) is 0.472. The minimum absolute atomic E-state index is 0.0542. The third-order valence-corrected chi connectivity index (χ3v) is 7.04. The summed E-state index contributed by atoms with van der Waals surface area (Å²) in [5.74, 6) is 0.218. The van der Waals surface area contributed by atoms with Gasteiger partial charge in [0.1, 0.15) is 5.60 Å². The second kappa shape index (κ2) is 10.9. The van der Waals surface area contributed by atoms with Crippen molar-refractivity contribution < 1.29 is 22.7 Å². The maximum atomic E-state index is 12.5. The lowest BCUT2D eigenvalue weighted by Crippen LogP contribution is -2.43. The van der Waals surface area contributed by atoms with Crippen molar-refractivity contribution in [2.45, 2.75) is 76.7 Å². The number of carbonyl (C=O) groups excluding carboxylic acids is 2. The van der Waals surface area contributed by atoms with Crippen LogP contribution in [0.4, 0.5) is 4.79 Å². The van der Waals surface area contributed by atoms with Crippen molar-refractivity contribution in [1.29, 1.82) is 0 Å². The first-order valence-electron chi connectivity index (χ1n) is 11.5. The summed E-state index contributed by atoms with van der Waals surface area (Å²) in [4.78, 5) is 26.2. The van der Waals surface area contributed by atoms with Crippen molar-refractivity contribution in [2.75, 3.05) is 26.2 Å². The number of hydrogen-bond donors (Lipinski definition) is 2. The van der Waals surface area contributed by atoms with Crippen LogP contribution in [0.2, 0.25) is 0 Å². The SMILES string of the molecule is CC(C)(C)OC(=O)NCC1CCN(C(=O)CCNS(=O)(=O)c2ccc(C(C)(C)C)cc2)CC1. The molecule has 8 nitrogen and oxygen atoms in total. The molecule has 186 valence electrons. The van der Waals surface area contributed by atoms with E-state index < -0.39 is 21.7 Å². The van der Waals surface area contributed by atoms with Gasteiger partial charge in [0.15, 0.2) is 0 Å². The van der Waals surface area contributed by atoms with E-state index in [1.165, 1.54) is 0 Å². The van der Waals surface area contributed by atoms with Gasteiger partial charge in [-0.25, -0.2) is 17.9 Å². The highest BCUT2D eigenvalue weighted by Crippen LogP contribution is 2.23. The molecule has 9 heteroatoms. The number of rotatable bonds is 7. The van der Waals surface area contributed by atoms with E-state index in [4.69, 9.17) is 4.74 Å². The van der Waals surface area contributed by atoms with Gasteiger partial charge in [0.05, 0.1) is 4.90 Å². The highest BCUT2D eigenvalue weighted by molar-refractivity contribution is 7.89. The number of sulfonamides is 1. The predicted octanol–water partition coefficient (Wildman–Crippen LogP) is 3.42. The maximum absolute atomic E-state index is 12.5. The molecule has 0 unspecified atom stereocenters. The number of alkyl carbamates (subject to hydrolysis) is 1. The molecule has 0 bridgehead atoms. The molecule has 0 spiro atoms. The third kappa shape index (κ3) is 8.97. The monoisotopic (exact) mass is 481 g/mol. The fraction of sp³-hybridized carbons (Fsp3) is 0.667. The van der Waals surface area contributed by atoms with Gasteiger partial charge in [-0.2, -0.15) is 0 Å². The molecule has 0 aromatic heterocycles. The largest absolute Gasteiger partial charge is 0.444 e. The van der Waals surface area contributed by atoms with E-state index in [9.17, 15) is 18.0 Å². The Morgan fingerprint density at radius 2 is 1.61 bits per heavy atom. The fourth-order valence-electron chi connectivity index (χ4n) is 3.60. The first-order chi connectivity index (χ1) is 15.2. The van der Waals surface area contributed by atoms with Crippen molar-refractivity contribution in [2.24, 2.45) is 5.92 Å². The lowest BCUT2D eigenvalue weighted by molar-refractivity contribution is -0.132. The van der Waals surface area contributed by atoms with Crippen LogP contribution in [-0.2, 0) is 25.0 Å². The minimum atomic E-state index is -3.66. The molecule has 0 atom stereocenters. The molecule has 1 aromatic carbocycles. The Bertz CT molecular complexity index is 907. The van der Waals surface area contributed by atoms with Crippen LogP contribution in [0, 0.1) is 5.92 Å². The molecule has 1 saturated heterocycles. The third-order valence-electron chi connectivity index (χ3n) is 5.56. The molecule has 1 aliphatic heterocycles. The topological polar surface area (TPSA) is 105 Å². The summed E-state index contributed by atoms with van der Waals surface area (Å²) in [6, 6.07) is 6.84. The Morgan fingerprint density at radius 1 is 1.03 bits per heavy atom. The van der Waals surface area contributed by atoms with E-state index in [2.05, 4.69) is 30.8 Å². The van der Waals surface area contributed by atoms with Crippen LogP contribution in [0.15, 0.2) is 29.2 Å². The number of likely N-dealkylation sites (tertiary alicyclic amines) is 1. The molecule has 2 rings (SSSR count). The molecule has 2 N–H and O–H groups in total. The van der Waals surface area contributed by atoms with Gasteiger partial charge in [-0.3, -0.25) is 4.79 Å². The van der Waals surface area contributed by atoms with E-state index in [1.807, 2.05) is 32.9 Å². The highest BCUT2D eigenvalue weighted by atomic mass is 32.2. The van der Waals surface area contributed by atoms with Crippen LogP contribution < -0.4 is 10.0 Å². The lowest BCUT2D eigenvalue weighted by atomic mass is 9.87. The molecule has 1 aliphatic rings. The summed E-state index contributed by atoms with van der Waals surface area (Å²) in [7, 11) is -3.66. The van der Waals surface area contributed by atoms with Crippen molar-refractivity contribution >= 4 is 22.0 Å². The Labute approximate surface area is 198 Å². The standard InChI is InChI=1S/C24H39N3O5S/c1-23(2,3)19-7-9-20(10-8-19)33(30,31)26-14-11-21(28)27-15-12-18(13-16-27)17-25-22(29)32-24(4,5)6/h7-10,18,26H,11-17H2,1-6H3,(H,25,29). The van der Waals surface area contributed by atoms with Gasteiger partial charge in [0, 0.05) is 32.6 Å². The highest BCUT2D eigenvalue weighted by Gasteiger charge is 2.24. The van der Waals surface area contributed by atoms with Gasteiger partial charge in [-0.15, -0.1) is 0 Å².